The molecule has 2 aromatic heterocycles. The minimum atomic E-state index is 0.751. The lowest BCUT2D eigenvalue weighted by Crippen LogP contribution is -2.18. The molecule has 0 fully saturated rings. The predicted octanol–water partition coefficient (Wildman–Crippen LogP) is 3.13. The van der Waals surface area contributed by atoms with Crippen LogP contribution in [-0.4, -0.2) is 45.3 Å². The van der Waals surface area contributed by atoms with Gasteiger partial charge in [-0.1, -0.05) is 25.1 Å². The third-order valence-electron chi connectivity index (χ3n) is 3.95. The molecule has 0 atom stereocenters. The van der Waals surface area contributed by atoms with Crippen LogP contribution in [0.1, 0.15) is 12.5 Å². The number of aromatic nitrogens is 4. The Hall–Kier alpha value is -2.53. The number of aryl methyl sites for hydroxylation is 1. The van der Waals surface area contributed by atoms with Crippen molar-refractivity contribution < 1.29 is 0 Å². The Balaban J connectivity index is 1.82. The van der Waals surface area contributed by atoms with Gasteiger partial charge in [0.15, 0.2) is 5.82 Å². The van der Waals surface area contributed by atoms with Gasteiger partial charge < -0.3 is 4.90 Å². The first kappa shape index (κ1) is 16.3. The van der Waals surface area contributed by atoms with Crippen LogP contribution in [0, 0.1) is 0 Å². The van der Waals surface area contributed by atoms with Crippen LogP contribution in [0.2, 0.25) is 0 Å². The van der Waals surface area contributed by atoms with Gasteiger partial charge in [-0.25, -0.2) is 9.97 Å². The Morgan fingerprint density at radius 1 is 1.04 bits per heavy atom. The first-order valence-electron chi connectivity index (χ1n) is 8.25. The molecule has 0 unspecified atom stereocenters. The quantitative estimate of drug-likeness (QED) is 0.700. The summed E-state index contributed by atoms with van der Waals surface area (Å²) in [6.45, 7) is 3.96. The molecule has 0 bridgehead atoms. The molecule has 0 radical (unpaired) electrons. The number of benzene rings is 1. The first-order valence-corrected chi connectivity index (χ1v) is 8.25. The Labute approximate surface area is 143 Å². The minimum absolute atomic E-state index is 0.751. The minimum Gasteiger partial charge on any atom is -0.308 e. The summed E-state index contributed by atoms with van der Waals surface area (Å²) in [5.41, 5.74) is 4.22. The molecule has 0 spiro atoms. The molecular formula is C19H23N5. The highest BCUT2D eigenvalue weighted by atomic mass is 15.3. The summed E-state index contributed by atoms with van der Waals surface area (Å²) in [5.74, 6) is 0.751. The Morgan fingerprint density at radius 3 is 2.50 bits per heavy atom. The van der Waals surface area contributed by atoms with Gasteiger partial charge in [0, 0.05) is 36.3 Å². The van der Waals surface area contributed by atoms with Crippen molar-refractivity contribution in [2.45, 2.75) is 19.9 Å². The third kappa shape index (κ3) is 3.86. The molecule has 2 heterocycles. The maximum atomic E-state index is 4.66. The number of hydrogen-bond acceptors (Lipinski definition) is 4. The van der Waals surface area contributed by atoms with Gasteiger partial charge in [-0.3, -0.25) is 4.68 Å². The van der Waals surface area contributed by atoms with E-state index in [-0.39, 0.29) is 0 Å². The van der Waals surface area contributed by atoms with E-state index in [4.69, 9.17) is 0 Å². The van der Waals surface area contributed by atoms with Crippen molar-refractivity contribution in [3.05, 3.63) is 54.5 Å². The van der Waals surface area contributed by atoms with Crippen molar-refractivity contribution in [2.24, 2.45) is 0 Å². The zero-order valence-corrected chi connectivity index (χ0v) is 14.5. The summed E-state index contributed by atoms with van der Waals surface area (Å²) in [7, 11) is 4.13. The highest BCUT2D eigenvalue weighted by Crippen LogP contribution is 2.23. The summed E-state index contributed by atoms with van der Waals surface area (Å²) in [5, 5.41) is 4.66. The van der Waals surface area contributed by atoms with Crippen molar-refractivity contribution in [1.82, 2.24) is 24.6 Å². The highest BCUT2D eigenvalue weighted by molar-refractivity contribution is 5.67. The van der Waals surface area contributed by atoms with Gasteiger partial charge in [0.2, 0.25) is 0 Å². The molecule has 0 saturated carbocycles. The first-order chi connectivity index (χ1) is 11.7. The van der Waals surface area contributed by atoms with Crippen molar-refractivity contribution in [3.63, 3.8) is 0 Å². The molecule has 5 heteroatoms. The molecule has 1 aromatic carbocycles. The van der Waals surface area contributed by atoms with E-state index >= 15 is 0 Å². The fraction of sp³-hybridized carbons (Fsp3) is 0.316. The fourth-order valence-electron chi connectivity index (χ4n) is 2.45. The van der Waals surface area contributed by atoms with Gasteiger partial charge in [0.1, 0.15) is 0 Å². The molecule has 0 aliphatic rings. The Morgan fingerprint density at radius 2 is 1.79 bits per heavy atom. The summed E-state index contributed by atoms with van der Waals surface area (Å²) >= 11 is 0. The highest BCUT2D eigenvalue weighted by Gasteiger charge is 2.07. The number of hydrogen-bond donors (Lipinski definition) is 0. The van der Waals surface area contributed by atoms with Crippen molar-refractivity contribution in [3.8, 4) is 22.6 Å². The van der Waals surface area contributed by atoms with Crippen LogP contribution in [0.25, 0.3) is 22.6 Å². The maximum absolute atomic E-state index is 4.66. The van der Waals surface area contributed by atoms with Gasteiger partial charge in [-0.2, -0.15) is 5.10 Å². The zero-order chi connectivity index (χ0) is 16.9. The predicted molar refractivity (Wildman–Crippen MR) is 96.6 cm³/mol. The lowest BCUT2D eigenvalue weighted by molar-refractivity contribution is 0.373. The number of likely N-dealkylation sites (N-methyl/N-ethyl adjacent to an activating group) is 1. The third-order valence-corrected chi connectivity index (χ3v) is 3.95. The molecule has 3 aromatic rings. The van der Waals surface area contributed by atoms with Crippen LogP contribution in [0.4, 0.5) is 0 Å². The lowest BCUT2D eigenvalue weighted by Gasteiger charge is -2.08. The van der Waals surface area contributed by atoms with Crippen LogP contribution in [0.5, 0.6) is 0 Å². The molecule has 0 N–H and O–H groups in total. The van der Waals surface area contributed by atoms with Gasteiger partial charge in [0.25, 0.3) is 0 Å². The van der Waals surface area contributed by atoms with Crippen molar-refractivity contribution in [1.29, 1.82) is 0 Å². The van der Waals surface area contributed by atoms with E-state index < -0.39 is 0 Å². The second-order valence-corrected chi connectivity index (χ2v) is 6.12. The summed E-state index contributed by atoms with van der Waals surface area (Å²) in [6.07, 6.45) is 6.76. The second-order valence-electron chi connectivity index (χ2n) is 6.12. The van der Waals surface area contributed by atoms with Crippen LogP contribution in [0.15, 0.2) is 48.9 Å². The molecule has 0 aliphatic carbocycles. The largest absolute Gasteiger partial charge is 0.308 e. The maximum Gasteiger partial charge on any atom is 0.159 e. The van der Waals surface area contributed by atoms with Crippen LogP contribution in [0.3, 0.4) is 0 Å². The van der Waals surface area contributed by atoms with Gasteiger partial charge in [-0.05, 0) is 38.2 Å². The molecule has 0 amide bonds. The second kappa shape index (κ2) is 7.36. The van der Waals surface area contributed by atoms with Gasteiger partial charge in [0.05, 0.1) is 12.2 Å². The Kier molecular flexibility index (Phi) is 5.01. The van der Waals surface area contributed by atoms with Crippen LogP contribution >= 0.6 is 0 Å². The number of rotatable bonds is 6. The molecule has 0 saturated heterocycles. The lowest BCUT2D eigenvalue weighted by atomic mass is 10.1. The summed E-state index contributed by atoms with van der Waals surface area (Å²) < 4.78 is 1.98. The van der Waals surface area contributed by atoms with E-state index in [1.807, 2.05) is 35.4 Å². The number of nitrogens with zero attached hydrogens (tertiary/aromatic N) is 5. The van der Waals surface area contributed by atoms with Crippen molar-refractivity contribution in [2.75, 3.05) is 20.6 Å². The molecule has 3 rings (SSSR count). The van der Waals surface area contributed by atoms with Crippen LogP contribution in [-0.2, 0) is 13.0 Å². The molecule has 5 nitrogen and oxygen atoms in total. The summed E-state index contributed by atoms with van der Waals surface area (Å²) in [4.78, 5) is 11.1. The molecular weight excluding hydrogens is 298 g/mol. The van der Waals surface area contributed by atoms with Gasteiger partial charge in [-0.15, -0.1) is 0 Å². The van der Waals surface area contributed by atoms with E-state index in [0.717, 1.165) is 47.7 Å². The summed E-state index contributed by atoms with van der Waals surface area (Å²) in [6, 6.07) is 10.3. The molecule has 124 valence electrons. The zero-order valence-electron chi connectivity index (χ0n) is 14.5. The van der Waals surface area contributed by atoms with Gasteiger partial charge >= 0.3 is 0 Å². The van der Waals surface area contributed by atoms with E-state index in [0.29, 0.717) is 0 Å². The topological polar surface area (TPSA) is 46.8 Å². The standard InChI is InChI=1S/C19H23N5/c1-4-15-13-20-19(21-14-15)17-7-5-6-16(12-17)18-8-9-24(22-18)11-10-23(2)3/h5-9,12-14H,4,10-11H2,1-3H3. The van der Waals surface area contributed by atoms with E-state index in [1.54, 1.807) is 0 Å². The molecule has 24 heavy (non-hydrogen) atoms. The van der Waals surface area contributed by atoms with E-state index in [2.05, 4.69) is 59.2 Å². The Bertz CT molecular complexity index is 790. The normalized spacial score (nSPS) is 11.2. The average molecular weight is 321 g/mol. The van der Waals surface area contributed by atoms with Crippen molar-refractivity contribution >= 4 is 0 Å². The molecule has 0 aliphatic heterocycles. The van der Waals surface area contributed by atoms with E-state index in [9.17, 15) is 0 Å². The van der Waals surface area contributed by atoms with E-state index in [1.165, 1.54) is 0 Å². The fourth-order valence-corrected chi connectivity index (χ4v) is 2.45. The van der Waals surface area contributed by atoms with Crippen LogP contribution < -0.4 is 0 Å². The monoisotopic (exact) mass is 321 g/mol. The average Bonchev–Trinajstić information content (AvgIpc) is 3.09. The SMILES string of the molecule is CCc1cnc(-c2cccc(-c3ccn(CCN(C)C)n3)c2)nc1. The smallest absolute Gasteiger partial charge is 0.159 e.